The summed E-state index contributed by atoms with van der Waals surface area (Å²) in [6, 6.07) is 7.94. The van der Waals surface area contributed by atoms with Crippen molar-refractivity contribution in [3.05, 3.63) is 36.7 Å². The quantitative estimate of drug-likeness (QED) is 0.848. The average Bonchev–Trinajstić information content (AvgIpc) is 3.05. The van der Waals surface area contributed by atoms with Crippen molar-refractivity contribution < 1.29 is 9.59 Å². The normalized spacial score (nSPS) is 19.2. The molecule has 0 radical (unpaired) electrons. The van der Waals surface area contributed by atoms with Crippen LogP contribution >= 0.6 is 0 Å². The van der Waals surface area contributed by atoms with E-state index in [-0.39, 0.29) is 11.8 Å². The van der Waals surface area contributed by atoms with Gasteiger partial charge in [-0.3, -0.25) is 19.5 Å². The fraction of sp³-hybridized carbons (Fsp3) is 0.421. The minimum atomic E-state index is 0.114. The molecule has 6 nitrogen and oxygen atoms in total. The third kappa shape index (κ3) is 3.22. The molecule has 0 atom stereocenters. The number of fused-ring (bicyclic) bond motifs is 1. The number of benzene rings is 1. The van der Waals surface area contributed by atoms with Crippen molar-refractivity contribution in [1.82, 2.24) is 14.8 Å². The minimum Gasteiger partial charge on any atom is -0.341 e. The van der Waals surface area contributed by atoms with Crippen molar-refractivity contribution in [3.8, 4) is 0 Å². The maximum atomic E-state index is 12.7. The van der Waals surface area contributed by atoms with Crippen LogP contribution in [0.2, 0.25) is 0 Å². The van der Waals surface area contributed by atoms with Gasteiger partial charge in [-0.2, -0.15) is 0 Å². The summed E-state index contributed by atoms with van der Waals surface area (Å²) in [4.78, 5) is 34.5. The number of anilines is 1. The molecule has 0 aliphatic carbocycles. The predicted molar refractivity (Wildman–Crippen MR) is 96.4 cm³/mol. The molecule has 0 N–H and O–H groups in total. The third-order valence-corrected chi connectivity index (χ3v) is 5.11. The van der Waals surface area contributed by atoms with E-state index in [2.05, 4.69) is 9.88 Å². The van der Waals surface area contributed by atoms with Crippen molar-refractivity contribution in [1.29, 1.82) is 0 Å². The molecule has 6 heteroatoms. The molecule has 2 aromatic rings. The highest BCUT2D eigenvalue weighted by atomic mass is 16.2. The molecule has 1 aromatic carbocycles. The van der Waals surface area contributed by atoms with Gasteiger partial charge in [-0.05, 0) is 18.6 Å². The molecule has 0 saturated carbocycles. The Hall–Kier alpha value is -2.47. The second-order valence-corrected chi connectivity index (χ2v) is 6.68. The molecule has 2 amide bonds. The van der Waals surface area contributed by atoms with Gasteiger partial charge in [0.15, 0.2) is 0 Å². The number of nitrogens with zero attached hydrogens (tertiary/aromatic N) is 4. The highest BCUT2D eigenvalue weighted by molar-refractivity contribution is 6.04. The molecular weight excluding hydrogens is 316 g/mol. The number of piperazine rings is 1. The largest absolute Gasteiger partial charge is 0.341 e. The average molecular weight is 338 g/mol. The van der Waals surface area contributed by atoms with Crippen LogP contribution in [0.25, 0.3) is 10.8 Å². The molecule has 0 spiro atoms. The molecule has 2 saturated heterocycles. The van der Waals surface area contributed by atoms with Gasteiger partial charge in [0.1, 0.15) is 0 Å². The van der Waals surface area contributed by atoms with Crippen LogP contribution in [0.4, 0.5) is 5.69 Å². The van der Waals surface area contributed by atoms with Crippen LogP contribution in [0, 0.1) is 0 Å². The summed E-state index contributed by atoms with van der Waals surface area (Å²) in [6.45, 7) is 4.26. The second-order valence-electron chi connectivity index (χ2n) is 6.68. The monoisotopic (exact) mass is 338 g/mol. The Morgan fingerprint density at radius 2 is 1.92 bits per heavy atom. The van der Waals surface area contributed by atoms with E-state index in [0.717, 1.165) is 49.1 Å². The first-order valence-corrected chi connectivity index (χ1v) is 8.85. The van der Waals surface area contributed by atoms with Gasteiger partial charge >= 0.3 is 0 Å². The van der Waals surface area contributed by atoms with E-state index in [1.165, 1.54) is 0 Å². The Labute approximate surface area is 147 Å². The summed E-state index contributed by atoms with van der Waals surface area (Å²) in [5, 5.41) is 2.10. The number of rotatable bonds is 4. The van der Waals surface area contributed by atoms with Crippen LogP contribution in [-0.2, 0) is 9.59 Å². The minimum absolute atomic E-state index is 0.114. The first-order chi connectivity index (χ1) is 12.2. The standard InChI is InChI=1S/C19H22N4O2/c24-18-5-2-8-22(18)11-9-21-10-12-23(19(25)14-21)17-4-1-3-15-13-20-7-6-16(15)17/h1,3-4,6-7,13H,2,5,8-12,14H2. The van der Waals surface area contributed by atoms with Gasteiger partial charge in [0.05, 0.1) is 12.2 Å². The lowest BCUT2D eigenvalue weighted by Crippen LogP contribution is -2.52. The van der Waals surface area contributed by atoms with E-state index in [4.69, 9.17) is 0 Å². The number of hydrogen-bond donors (Lipinski definition) is 0. The molecule has 0 bridgehead atoms. The van der Waals surface area contributed by atoms with Gasteiger partial charge < -0.3 is 9.80 Å². The van der Waals surface area contributed by atoms with E-state index in [0.29, 0.717) is 19.5 Å². The van der Waals surface area contributed by atoms with Crippen LogP contribution in [-0.4, -0.2) is 65.9 Å². The third-order valence-electron chi connectivity index (χ3n) is 5.11. The Morgan fingerprint density at radius 3 is 2.72 bits per heavy atom. The summed E-state index contributed by atoms with van der Waals surface area (Å²) < 4.78 is 0. The number of carbonyl (C=O) groups is 2. The highest BCUT2D eigenvalue weighted by Gasteiger charge is 2.27. The van der Waals surface area contributed by atoms with Gasteiger partial charge in [-0.15, -0.1) is 0 Å². The van der Waals surface area contributed by atoms with Crippen LogP contribution < -0.4 is 4.90 Å². The fourth-order valence-electron chi connectivity index (χ4n) is 3.71. The van der Waals surface area contributed by atoms with Crippen LogP contribution in [0.3, 0.4) is 0 Å². The molecule has 0 unspecified atom stereocenters. The molecule has 2 aliphatic heterocycles. The molecule has 2 fully saturated rings. The molecule has 2 aliphatic rings. The SMILES string of the molecule is O=C1CCCN1CCN1CCN(c2cccc3cnccc23)C(=O)C1. The Balaban J connectivity index is 1.43. The first kappa shape index (κ1) is 16.0. The topological polar surface area (TPSA) is 56.8 Å². The fourth-order valence-corrected chi connectivity index (χ4v) is 3.71. The van der Waals surface area contributed by atoms with E-state index in [9.17, 15) is 9.59 Å². The summed E-state index contributed by atoms with van der Waals surface area (Å²) in [5.74, 6) is 0.359. The maximum Gasteiger partial charge on any atom is 0.241 e. The Kier molecular flexibility index (Phi) is 4.36. The molecule has 1 aromatic heterocycles. The van der Waals surface area contributed by atoms with Crippen LogP contribution in [0.15, 0.2) is 36.7 Å². The van der Waals surface area contributed by atoms with Crippen molar-refractivity contribution in [2.75, 3.05) is 44.2 Å². The van der Waals surface area contributed by atoms with Crippen molar-refractivity contribution >= 4 is 28.3 Å². The van der Waals surface area contributed by atoms with Gasteiger partial charge in [0.25, 0.3) is 0 Å². The lowest BCUT2D eigenvalue weighted by molar-refractivity contribution is -0.127. The summed E-state index contributed by atoms with van der Waals surface area (Å²) in [6.07, 6.45) is 5.22. The highest BCUT2D eigenvalue weighted by Crippen LogP contribution is 2.27. The molecule has 25 heavy (non-hydrogen) atoms. The van der Waals surface area contributed by atoms with E-state index < -0.39 is 0 Å². The van der Waals surface area contributed by atoms with Crippen molar-refractivity contribution in [2.45, 2.75) is 12.8 Å². The van der Waals surface area contributed by atoms with Gasteiger partial charge in [0.2, 0.25) is 11.8 Å². The summed E-state index contributed by atoms with van der Waals surface area (Å²) in [7, 11) is 0. The number of pyridine rings is 1. The summed E-state index contributed by atoms with van der Waals surface area (Å²) >= 11 is 0. The predicted octanol–water partition coefficient (Wildman–Crippen LogP) is 1.51. The van der Waals surface area contributed by atoms with Crippen LogP contribution in [0.5, 0.6) is 0 Å². The van der Waals surface area contributed by atoms with E-state index in [1.54, 1.807) is 6.20 Å². The van der Waals surface area contributed by atoms with Crippen molar-refractivity contribution in [2.24, 2.45) is 0 Å². The van der Waals surface area contributed by atoms with Gasteiger partial charge in [-0.25, -0.2) is 0 Å². The number of hydrogen-bond acceptors (Lipinski definition) is 4. The molecule has 130 valence electrons. The number of likely N-dealkylation sites (tertiary alicyclic amines) is 1. The first-order valence-electron chi connectivity index (χ1n) is 8.85. The zero-order chi connectivity index (χ0) is 17.2. The lowest BCUT2D eigenvalue weighted by Gasteiger charge is -2.35. The second kappa shape index (κ2) is 6.80. The van der Waals surface area contributed by atoms with Gasteiger partial charge in [0, 0.05) is 62.3 Å². The van der Waals surface area contributed by atoms with E-state index in [1.807, 2.05) is 40.3 Å². The van der Waals surface area contributed by atoms with Crippen molar-refractivity contribution in [3.63, 3.8) is 0 Å². The molecular formula is C19H22N4O2. The maximum absolute atomic E-state index is 12.7. The molecule has 3 heterocycles. The number of aromatic nitrogens is 1. The van der Waals surface area contributed by atoms with Gasteiger partial charge in [-0.1, -0.05) is 12.1 Å². The Morgan fingerprint density at radius 1 is 1.00 bits per heavy atom. The van der Waals surface area contributed by atoms with Crippen LogP contribution in [0.1, 0.15) is 12.8 Å². The smallest absolute Gasteiger partial charge is 0.241 e. The lowest BCUT2D eigenvalue weighted by atomic mass is 10.1. The summed E-state index contributed by atoms with van der Waals surface area (Å²) in [5.41, 5.74) is 0.958. The van der Waals surface area contributed by atoms with E-state index >= 15 is 0 Å². The zero-order valence-electron chi connectivity index (χ0n) is 14.2. The molecule has 4 rings (SSSR count). The Bertz CT molecular complexity index is 802. The number of carbonyl (C=O) groups excluding carboxylic acids is 2. The zero-order valence-corrected chi connectivity index (χ0v) is 14.2. The number of amides is 2.